The molecule has 94 valence electrons. The highest BCUT2D eigenvalue weighted by molar-refractivity contribution is 5.91. The SMILES string of the molecule is CC(C)(C)Nc1nccc2ccccc12.O.O. The molecule has 2 rings (SSSR count). The van der Waals surface area contributed by atoms with Crippen molar-refractivity contribution < 1.29 is 11.0 Å². The van der Waals surface area contributed by atoms with Crippen molar-refractivity contribution in [2.45, 2.75) is 26.3 Å². The van der Waals surface area contributed by atoms with E-state index in [4.69, 9.17) is 0 Å². The fraction of sp³-hybridized carbons (Fsp3) is 0.308. The van der Waals surface area contributed by atoms with Gasteiger partial charge in [-0.2, -0.15) is 0 Å². The van der Waals surface area contributed by atoms with Gasteiger partial charge in [0, 0.05) is 17.1 Å². The second-order valence-corrected chi connectivity index (χ2v) is 4.76. The van der Waals surface area contributed by atoms with Crippen molar-refractivity contribution in [3.05, 3.63) is 36.5 Å². The highest BCUT2D eigenvalue weighted by atomic mass is 16.0. The number of benzene rings is 1. The zero-order valence-electron chi connectivity index (χ0n) is 10.4. The number of hydrogen-bond donors (Lipinski definition) is 1. The molecular formula is C13H20N2O2. The van der Waals surface area contributed by atoms with Crippen molar-refractivity contribution in [3.8, 4) is 0 Å². The van der Waals surface area contributed by atoms with Crippen molar-refractivity contribution >= 4 is 16.6 Å². The normalized spacial score (nSPS) is 10.3. The summed E-state index contributed by atoms with van der Waals surface area (Å²) in [6.45, 7) is 6.41. The summed E-state index contributed by atoms with van der Waals surface area (Å²) >= 11 is 0. The first kappa shape index (κ1) is 15.3. The van der Waals surface area contributed by atoms with Crippen molar-refractivity contribution in [1.29, 1.82) is 0 Å². The number of aromatic nitrogens is 1. The van der Waals surface area contributed by atoms with E-state index in [0.29, 0.717) is 0 Å². The number of nitrogens with one attached hydrogen (secondary N) is 1. The lowest BCUT2D eigenvalue weighted by Gasteiger charge is -2.22. The Morgan fingerprint density at radius 1 is 1.00 bits per heavy atom. The summed E-state index contributed by atoms with van der Waals surface area (Å²) < 4.78 is 0. The zero-order valence-corrected chi connectivity index (χ0v) is 10.4. The van der Waals surface area contributed by atoms with Gasteiger partial charge in [0.05, 0.1) is 0 Å². The molecule has 0 radical (unpaired) electrons. The Hall–Kier alpha value is -1.65. The summed E-state index contributed by atoms with van der Waals surface area (Å²) in [5.74, 6) is 0.959. The van der Waals surface area contributed by atoms with Gasteiger partial charge in [-0.05, 0) is 32.2 Å². The van der Waals surface area contributed by atoms with Gasteiger partial charge < -0.3 is 16.3 Å². The number of pyridine rings is 1. The van der Waals surface area contributed by atoms with E-state index in [1.54, 1.807) is 0 Å². The van der Waals surface area contributed by atoms with E-state index >= 15 is 0 Å². The number of anilines is 1. The molecule has 1 aromatic carbocycles. The molecule has 0 unspecified atom stereocenters. The molecule has 0 aliphatic carbocycles. The lowest BCUT2D eigenvalue weighted by molar-refractivity contribution is 0.631. The molecule has 0 aliphatic heterocycles. The van der Waals surface area contributed by atoms with Crippen LogP contribution in [0.4, 0.5) is 5.82 Å². The fourth-order valence-corrected chi connectivity index (χ4v) is 1.57. The lowest BCUT2D eigenvalue weighted by atomic mass is 10.1. The summed E-state index contributed by atoms with van der Waals surface area (Å²) in [4.78, 5) is 4.38. The monoisotopic (exact) mass is 236 g/mol. The molecule has 1 heterocycles. The highest BCUT2D eigenvalue weighted by Gasteiger charge is 2.11. The Labute approximate surface area is 101 Å². The van der Waals surface area contributed by atoms with Gasteiger partial charge in [0.2, 0.25) is 0 Å². The Bertz CT molecular complexity index is 473. The van der Waals surface area contributed by atoms with Crippen LogP contribution in [-0.4, -0.2) is 21.5 Å². The minimum atomic E-state index is 0. The number of rotatable bonds is 1. The number of hydrogen-bond acceptors (Lipinski definition) is 2. The molecule has 0 amide bonds. The third kappa shape index (κ3) is 3.69. The van der Waals surface area contributed by atoms with E-state index in [9.17, 15) is 0 Å². The quantitative estimate of drug-likeness (QED) is 0.818. The van der Waals surface area contributed by atoms with Crippen molar-refractivity contribution in [3.63, 3.8) is 0 Å². The fourth-order valence-electron chi connectivity index (χ4n) is 1.57. The predicted octanol–water partition coefficient (Wildman–Crippen LogP) is 1.80. The standard InChI is InChI=1S/C13H16N2.2H2O/c1-13(2,3)15-12-11-7-5-4-6-10(11)8-9-14-12;;/h4-9H,1-3H3,(H,14,15);2*1H2. The lowest BCUT2D eigenvalue weighted by Crippen LogP contribution is -2.26. The molecule has 0 spiro atoms. The first-order valence-corrected chi connectivity index (χ1v) is 5.18. The molecular weight excluding hydrogens is 216 g/mol. The second-order valence-electron chi connectivity index (χ2n) is 4.76. The minimum absolute atomic E-state index is 0. The molecule has 17 heavy (non-hydrogen) atoms. The largest absolute Gasteiger partial charge is 0.412 e. The molecule has 0 atom stereocenters. The first-order valence-electron chi connectivity index (χ1n) is 5.18. The van der Waals surface area contributed by atoms with Crippen molar-refractivity contribution in [2.75, 3.05) is 5.32 Å². The number of fused-ring (bicyclic) bond motifs is 1. The highest BCUT2D eigenvalue weighted by Crippen LogP contribution is 2.22. The molecule has 2 aromatic rings. The van der Waals surface area contributed by atoms with Gasteiger partial charge in [0.15, 0.2) is 0 Å². The van der Waals surface area contributed by atoms with E-state index in [1.165, 1.54) is 10.8 Å². The minimum Gasteiger partial charge on any atom is -0.412 e. The summed E-state index contributed by atoms with van der Waals surface area (Å²) in [6.07, 6.45) is 1.84. The van der Waals surface area contributed by atoms with Crippen LogP contribution >= 0.6 is 0 Å². The molecule has 0 fully saturated rings. The Kier molecular flexibility index (Phi) is 5.07. The Balaban J connectivity index is 0.00000128. The summed E-state index contributed by atoms with van der Waals surface area (Å²) in [7, 11) is 0. The van der Waals surface area contributed by atoms with Gasteiger partial charge in [-0.3, -0.25) is 0 Å². The van der Waals surface area contributed by atoms with E-state index < -0.39 is 0 Å². The maximum atomic E-state index is 4.38. The van der Waals surface area contributed by atoms with Crippen LogP contribution in [0.1, 0.15) is 20.8 Å². The number of nitrogens with zero attached hydrogens (tertiary/aromatic N) is 1. The van der Waals surface area contributed by atoms with Crippen molar-refractivity contribution in [2.24, 2.45) is 0 Å². The van der Waals surface area contributed by atoms with Gasteiger partial charge in [0.25, 0.3) is 0 Å². The van der Waals surface area contributed by atoms with Crippen LogP contribution in [0.3, 0.4) is 0 Å². The van der Waals surface area contributed by atoms with Crippen LogP contribution in [0.2, 0.25) is 0 Å². The molecule has 0 saturated heterocycles. The van der Waals surface area contributed by atoms with Gasteiger partial charge in [-0.25, -0.2) is 4.98 Å². The van der Waals surface area contributed by atoms with Crippen LogP contribution in [0, 0.1) is 0 Å². The Morgan fingerprint density at radius 2 is 1.65 bits per heavy atom. The predicted molar refractivity (Wildman–Crippen MR) is 72.3 cm³/mol. The van der Waals surface area contributed by atoms with Gasteiger partial charge in [-0.1, -0.05) is 24.3 Å². The van der Waals surface area contributed by atoms with Crippen LogP contribution in [0.25, 0.3) is 10.8 Å². The summed E-state index contributed by atoms with van der Waals surface area (Å²) in [5.41, 5.74) is 0.0388. The zero-order chi connectivity index (χ0) is 10.9. The van der Waals surface area contributed by atoms with Crippen LogP contribution in [0.15, 0.2) is 36.5 Å². The van der Waals surface area contributed by atoms with E-state index in [2.05, 4.69) is 43.2 Å². The van der Waals surface area contributed by atoms with E-state index in [0.717, 1.165) is 5.82 Å². The summed E-state index contributed by atoms with van der Waals surface area (Å²) in [5, 5.41) is 5.81. The maximum Gasteiger partial charge on any atom is 0.134 e. The Morgan fingerprint density at radius 3 is 2.29 bits per heavy atom. The van der Waals surface area contributed by atoms with E-state index in [1.807, 2.05) is 24.4 Å². The van der Waals surface area contributed by atoms with Gasteiger partial charge in [0.1, 0.15) is 5.82 Å². The average molecular weight is 236 g/mol. The first-order chi connectivity index (χ1) is 7.06. The smallest absolute Gasteiger partial charge is 0.134 e. The van der Waals surface area contributed by atoms with Crippen LogP contribution in [-0.2, 0) is 0 Å². The van der Waals surface area contributed by atoms with Gasteiger partial charge >= 0.3 is 0 Å². The molecule has 0 aliphatic rings. The molecule has 5 N–H and O–H groups in total. The third-order valence-corrected chi connectivity index (χ3v) is 2.17. The topological polar surface area (TPSA) is 87.9 Å². The van der Waals surface area contributed by atoms with Crippen molar-refractivity contribution in [1.82, 2.24) is 4.98 Å². The average Bonchev–Trinajstić information content (AvgIpc) is 2.16. The molecule has 0 bridgehead atoms. The second kappa shape index (κ2) is 5.61. The van der Waals surface area contributed by atoms with Gasteiger partial charge in [-0.15, -0.1) is 0 Å². The third-order valence-electron chi connectivity index (χ3n) is 2.17. The van der Waals surface area contributed by atoms with Crippen LogP contribution in [0.5, 0.6) is 0 Å². The van der Waals surface area contributed by atoms with Crippen LogP contribution < -0.4 is 5.32 Å². The molecule has 0 saturated carbocycles. The molecule has 4 heteroatoms. The summed E-state index contributed by atoms with van der Waals surface area (Å²) in [6, 6.07) is 10.3. The van der Waals surface area contributed by atoms with E-state index in [-0.39, 0.29) is 16.5 Å². The molecule has 4 nitrogen and oxygen atoms in total. The maximum absolute atomic E-state index is 4.38. The molecule has 1 aromatic heterocycles.